The van der Waals surface area contributed by atoms with Crippen LogP contribution in [0.1, 0.15) is 46.5 Å². The molecule has 0 aliphatic carbocycles. The van der Waals surface area contributed by atoms with E-state index >= 15 is 0 Å². The van der Waals surface area contributed by atoms with E-state index in [0.717, 1.165) is 19.0 Å². The molecule has 0 rings (SSSR count). The minimum Gasteiger partial charge on any atom is -0.356 e. The van der Waals surface area contributed by atoms with Gasteiger partial charge in [0.05, 0.1) is 0 Å². The minimum absolute atomic E-state index is 0. The average molecular weight is 384 g/mol. The molecule has 0 saturated carbocycles. The molecule has 0 amide bonds. The summed E-state index contributed by atoms with van der Waals surface area (Å²) in [6.45, 7) is 9.84. The summed E-state index contributed by atoms with van der Waals surface area (Å²) < 4.78 is 0. The molecule has 0 spiro atoms. The van der Waals surface area contributed by atoms with Crippen molar-refractivity contribution >= 4 is 29.9 Å². The van der Waals surface area contributed by atoms with E-state index < -0.39 is 0 Å². The first kappa shape index (κ1) is 21.3. The van der Waals surface area contributed by atoms with Crippen LogP contribution in [0.15, 0.2) is 4.99 Å². The highest BCUT2D eigenvalue weighted by Gasteiger charge is 2.02. The van der Waals surface area contributed by atoms with Gasteiger partial charge in [0.1, 0.15) is 0 Å². The smallest absolute Gasteiger partial charge is 0.190 e. The van der Waals surface area contributed by atoms with Gasteiger partial charge in [-0.15, -0.1) is 24.0 Å². The van der Waals surface area contributed by atoms with Crippen molar-refractivity contribution in [1.29, 1.82) is 0 Å². The molecule has 0 saturated heterocycles. The van der Waals surface area contributed by atoms with Crippen LogP contribution in [-0.2, 0) is 0 Å². The van der Waals surface area contributed by atoms with Crippen molar-refractivity contribution in [2.45, 2.75) is 52.5 Å². The molecule has 0 aromatic rings. The lowest BCUT2D eigenvalue weighted by Crippen LogP contribution is -2.38. The molecule has 0 aromatic heterocycles. The van der Waals surface area contributed by atoms with Gasteiger partial charge in [-0.05, 0) is 46.7 Å². The number of aliphatic imine (C=N–C) groups is 1. The molecule has 19 heavy (non-hydrogen) atoms. The predicted octanol–water partition coefficient (Wildman–Crippen LogP) is 2.69. The SMILES string of the molecule is CCCCNC(=NC)NCCCCN(C)C(C)C.I. The van der Waals surface area contributed by atoms with E-state index in [9.17, 15) is 0 Å². The third kappa shape index (κ3) is 12.7. The Morgan fingerprint density at radius 3 is 2.16 bits per heavy atom. The minimum atomic E-state index is 0. The fraction of sp³-hybridized carbons (Fsp3) is 0.929. The standard InChI is InChI=1S/C14H32N4.HI/c1-6-7-10-16-14(15-4)17-11-8-9-12-18(5)13(2)3;/h13H,6-12H2,1-5H3,(H2,15,16,17);1H. The van der Waals surface area contributed by atoms with Crippen molar-refractivity contribution in [3.63, 3.8) is 0 Å². The van der Waals surface area contributed by atoms with Crippen molar-refractivity contribution < 1.29 is 0 Å². The van der Waals surface area contributed by atoms with E-state index in [-0.39, 0.29) is 24.0 Å². The lowest BCUT2D eigenvalue weighted by molar-refractivity contribution is 0.268. The maximum Gasteiger partial charge on any atom is 0.190 e. The molecule has 0 fully saturated rings. The molecular weight excluding hydrogens is 351 g/mol. The predicted molar refractivity (Wildman–Crippen MR) is 96.7 cm³/mol. The Bertz CT molecular complexity index is 219. The second kappa shape index (κ2) is 14.4. The van der Waals surface area contributed by atoms with Crippen molar-refractivity contribution in [1.82, 2.24) is 15.5 Å². The van der Waals surface area contributed by atoms with E-state index in [0.29, 0.717) is 6.04 Å². The quantitative estimate of drug-likeness (QED) is 0.278. The zero-order chi connectivity index (χ0) is 13.8. The van der Waals surface area contributed by atoms with E-state index in [1.165, 1.54) is 32.2 Å². The molecule has 0 bridgehead atoms. The summed E-state index contributed by atoms with van der Waals surface area (Å²) in [5, 5.41) is 6.67. The fourth-order valence-electron chi connectivity index (χ4n) is 1.56. The zero-order valence-corrected chi connectivity index (χ0v) is 15.7. The number of halogens is 1. The molecule has 0 radical (unpaired) electrons. The number of guanidine groups is 1. The van der Waals surface area contributed by atoms with Gasteiger partial charge in [0.25, 0.3) is 0 Å². The molecule has 0 aliphatic heterocycles. The first-order chi connectivity index (χ1) is 8.61. The van der Waals surface area contributed by atoms with Crippen LogP contribution >= 0.6 is 24.0 Å². The Hall–Kier alpha value is -0.0400. The van der Waals surface area contributed by atoms with Crippen molar-refractivity contribution in [3.8, 4) is 0 Å². The fourth-order valence-corrected chi connectivity index (χ4v) is 1.56. The van der Waals surface area contributed by atoms with Gasteiger partial charge < -0.3 is 15.5 Å². The van der Waals surface area contributed by atoms with Gasteiger partial charge >= 0.3 is 0 Å². The highest BCUT2D eigenvalue weighted by Crippen LogP contribution is 1.97. The second-order valence-corrected chi connectivity index (χ2v) is 5.06. The van der Waals surface area contributed by atoms with Gasteiger partial charge in [-0.3, -0.25) is 4.99 Å². The largest absolute Gasteiger partial charge is 0.356 e. The summed E-state index contributed by atoms with van der Waals surface area (Å²) in [4.78, 5) is 6.59. The van der Waals surface area contributed by atoms with Gasteiger partial charge in [-0.1, -0.05) is 13.3 Å². The number of hydrogen-bond donors (Lipinski definition) is 2. The maximum atomic E-state index is 4.20. The van der Waals surface area contributed by atoms with Crippen LogP contribution < -0.4 is 10.6 Å². The number of hydrogen-bond acceptors (Lipinski definition) is 2. The van der Waals surface area contributed by atoms with E-state index in [1.807, 2.05) is 7.05 Å². The second-order valence-electron chi connectivity index (χ2n) is 5.06. The van der Waals surface area contributed by atoms with E-state index in [2.05, 4.69) is 48.3 Å². The molecule has 116 valence electrons. The Morgan fingerprint density at radius 2 is 1.68 bits per heavy atom. The molecule has 0 aromatic carbocycles. The highest BCUT2D eigenvalue weighted by atomic mass is 127. The maximum absolute atomic E-state index is 4.20. The Kier molecular flexibility index (Phi) is 16.1. The molecule has 4 nitrogen and oxygen atoms in total. The third-order valence-corrected chi connectivity index (χ3v) is 3.16. The first-order valence-corrected chi connectivity index (χ1v) is 7.26. The van der Waals surface area contributed by atoms with Gasteiger partial charge in [0, 0.05) is 26.2 Å². The van der Waals surface area contributed by atoms with Crippen LogP contribution in [0.3, 0.4) is 0 Å². The summed E-state index contributed by atoms with van der Waals surface area (Å²) in [7, 11) is 4.01. The average Bonchev–Trinajstić information content (AvgIpc) is 2.36. The Balaban J connectivity index is 0. The zero-order valence-electron chi connectivity index (χ0n) is 13.3. The number of nitrogens with one attached hydrogen (secondary N) is 2. The summed E-state index contributed by atoms with van der Waals surface area (Å²) >= 11 is 0. The highest BCUT2D eigenvalue weighted by molar-refractivity contribution is 14.0. The van der Waals surface area contributed by atoms with Crippen LogP contribution in [0.25, 0.3) is 0 Å². The van der Waals surface area contributed by atoms with E-state index in [4.69, 9.17) is 0 Å². The van der Waals surface area contributed by atoms with E-state index in [1.54, 1.807) is 0 Å². The first-order valence-electron chi connectivity index (χ1n) is 7.26. The van der Waals surface area contributed by atoms with Crippen LogP contribution in [0.2, 0.25) is 0 Å². The van der Waals surface area contributed by atoms with Gasteiger partial charge in [0.15, 0.2) is 5.96 Å². The number of rotatable bonds is 9. The molecule has 0 unspecified atom stereocenters. The normalized spacial score (nSPS) is 11.6. The monoisotopic (exact) mass is 384 g/mol. The third-order valence-electron chi connectivity index (χ3n) is 3.16. The molecule has 0 heterocycles. The van der Waals surface area contributed by atoms with Gasteiger partial charge in [0.2, 0.25) is 0 Å². The Labute approximate surface area is 136 Å². The molecular formula is C14H33IN4. The summed E-state index contributed by atoms with van der Waals surface area (Å²) in [6.07, 6.45) is 4.82. The van der Waals surface area contributed by atoms with Crippen LogP contribution in [0.5, 0.6) is 0 Å². The van der Waals surface area contributed by atoms with Crippen LogP contribution in [0, 0.1) is 0 Å². The molecule has 5 heteroatoms. The Morgan fingerprint density at radius 1 is 1.11 bits per heavy atom. The molecule has 0 aliphatic rings. The van der Waals surface area contributed by atoms with Crippen LogP contribution in [0.4, 0.5) is 0 Å². The van der Waals surface area contributed by atoms with Crippen LogP contribution in [-0.4, -0.2) is 50.6 Å². The molecule has 0 atom stereocenters. The topological polar surface area (TPSA) is 39.7 Å². The lowest BCUT2D eigenvalue weighted by Gasteiger charge is -2.20. The van der Waals surface area contributed by atoms with Gasteiger partial charge in [-0.2, -0.15) is 0 Å². The number of unbranched alkanes of at least 4 members (excludes halogenated alkanes) is 2. The lowest BCUT2D eigenvalue weighted by atomic mass is 10.2. The summed E-state index contributed by atoms with van der Waals surface area (Å²) in [5.41, 5.74) is 0. The van der Waals surface area contributed by atoms with Crippen molar-refractivity contribution in [3.05, 3.63) is 0 Å². The van der Waals surface area contributed by atoms with Crippen molar-refractivity contribution in [2.75, 3.05) is 33.7 Å². The number of nitrogens with zero attached hydrogens (tertiary/aromatic N) is 2. The van der Waals surface area contributed by atoms with Crippen molar-refractivity contribution in [2.24, 2.45) is 4.99 Å². The summed E-state index contributed by atoms with van der Waals surface area (Å²) in [5.74, 6) is 0.931. The molecule has 2 N–H and O–H groups in total. The summed E-state index contributed by atoms with van der Waals surface area (Å²) in [6, 6.07) is 0.640. The van der Waals surface area contributed by atoms with Gasteiger partial charge in [-0.25, -0.2) is 0 Å².